The molecular formula is C11H9NOS. The Morgan fingerprint density at radius 3 is 2.86 bits per heavy atom. The zero-order valence-electron chi connectivity index (χ0n) is 7.73. The second-order valence-corrected chi connectivity index (χ2v) is 3.89. The predicted molar refractivity (Wildman–Crippen MR) is 56.7 cm³/mol. The van der Waals surface area contributed by atoms with Crippen molar-refractivity contribution in [3.05, 3.63) is 52.0 Å². The van der Waals surface area contributed by atoms with Gasteiger partial charge in [-0.15, -0.1) is 11.3 Å². The van der Waals surface area contributed by atoms with Crippen LogP contribution in [0.15, 0.2) is 35.8 Å². The van der Waals surface area contributed by atoms with E-state index in [0.29, 0.717) is 5.56 Å². The zero-order valence-corrected chi connectivity index (χ0v) is 8.54. The number of aromatic nitrogens is 1. The minimum absolute atomic E-state index is 0.0607. The highest BCUT2D eigenvalue weighted by atomic mass is 32.1. The van der Waals surface area contributed by atoms with Gasteiger partial charge in [-0.2, -0.15) is 0 Å². The lowest BCUT2D eigenvalue weighted by atomic mass is 10.1. The molecule has 0 radical (unpaired) electrons. The topological polar surface area (TPSA) is 30.0 Å². The fraction of sp³-hybridized carbons (Fsp3) is 0.0909. The molecule has 2 aromatic heterocycles. The van der Waals surface area contributed by atoms with Gasteiger partial charge < -0.3 is 0 Å². The van der Waals surface area contributed by atoms with E-state index in [1.54, 1.807) is 12.3 Å². The Morgan fingerprint density at radius 2 is 2.21 bits per heavy atom. The fourth-order valence-corrected chi connectivity index (χ4v) is 1.94. The molecule has 0 unspecified atom stereocenters. The van der Waals surface area contributed by atoms with Crippen LogP contribution < -0.4 is 0 Å². The Bertz CT molecular complexity index is 448. The SMILES string of the molecule is Cc1ncccc1C(=O)c1cccs1. The third-order valence-corrected chi connectivity index (χ3v) is 2.87. The van der Waals surface area contributed by atoms with Gasteiger partial charge in [0.05, 0.1) is 4.88 Å². The van der Waals surface area contributed by atoms with Crippen molar-refractivity contribution >= 4 is 17.1 Å². The van der Waals surface area contributed by atoms with E-state index in [2.05, 4.69) is 4.98 Å². The van der Waals surface area contributed by atoms with Crippen molar-refractivity contribution in [2.45, 2.75) is 6.92 Å². The van der Waals surface area contributed by atoms with E-state index >= 15 is 0 Å². The molecular weight excluding hydrogens is 194 g/mol. The molecule has 0 aliphatic heterocycles. The van der Waals surface area contributed by atoms with Crippen LogP contribution >= 0.6 is 11.3 Å². The van der Waals surface area contributed by atoms with Gasteiger partial charge in [-0.05, 0) is 30.5 Å². The van der Waals surface area contributed by atoms with Gasteiger partial charge in [0.25, 0.3) is 0 Å². The first kappa shape index (κ1) is 9.09. The molecule has 0 aromatic carbocycles. The molecule has 0 amide bonds. The Hall–Kier alpha value is -1.48. The van der Waals surface area contributed by atoms with Crippen molar-refractivity contribution in [2.24, 2.45) is 0 Å². The second kappa shape index (κ2) is 3.72. The van der Waals surface area contributed by atoms with E-state index in [-0.39, 0.29) is 5.78 Å². The standard InChI is InChI=1S/C11H9NOS/c1-8-9(4-2-6-12-8)11(13)10-5-3-7-14-10/h2-7H,1H3. The van der Waals surface area contributed by atoms with Crippen LogP contribution in [0.5, 0.6) is 0 Å². The first-order chi connectivity index (χ1) is 6.79. The number of hydrogen-bond acceptors (Lipinski definition) is 3. The van der Waals surface area contributed by atoms with Gasteiger partial charge in [-0.1, -0.05) is 6.07 Å². The minimum atomic E-state index is 0.0607. The van der Waals surface area contributed by atoms with Crippen LogP contribution in [0.1, 0.15) is 20.9 Å². The van der Waals surface area contributed by atoms with Gasteiger partial charge in [-0.3, -0.25) is 9.78 Å². The zero-order chi connectivity index (χ0) is 9.97. The van der Waals surface area contributed by atoms with Crippen molar-refractivity contribution in [3.8, 4) is 0 Å². The summed E-state index contributed by atoms with van der Waals surface area (Å²) in [5, 5.41) is 1.90. The summed E-state index contributed by atoms with van der Waals surface area (Å²) in [6.07, 6.45) is 1.69. The van der Waals surface area contributed by atoms with E-state index in [9.17, 15) is 4.79 Å². The number of rotatable bonds is 2. The number of aryl methyl sites for hydroxylation is 1. The van der Waals surface area contributed by atoms with E-state index in [1.807, 2.05) is 30.5 Å². The summed E-state index contributed by atoms with van der Waals surface area (Å²) < 4.78 is 0. The van der Waals surface area contributed by atoms with Gasteiger partial charge >= 0.3 is 0 Å². The van der Waals surface area contributed by atoms with E-state index in [4.69, 9.17) is 0 Å². The number of carbonyl (C=O) groups excluding carboxylic acids is 1. The molecule has 0 saturated carbocycles. The highest BCUT2D eigenvalue weighted by Crippen LogP contribution is 2.16. The molecule has 0 aliphatic carbocycles. The molecule has 0 fully saturated rings. The molecule has 0 atom stereocenters. The average Bonchev–Trinajstić information content (AvgIpc) is 2.70. The normalized spacial score (nSPS) is 10.1. The van der Waals surface area contributed by atoms with Crippen molar-refractivity contribution in [2.75, 3.05) is 0 Å². The minimum Gasteiger partial charge on any atom is -0.288 e. The molecule has 2 rings (SSSR count). The maximum atomic E-state index is 11.9. The van der Waals surface area contributed by atoms with Crippen LogP contribution in [0.2, 0.25) is 0 Å². The van der Waals surface area contributed by atoms with Crippen molar-refractivity contribution < 1.29 is 4.79 Å². The maximum absolute atomic E-state index is 11.9. The summed E-state index contributed by atoms with van der Waals surface area (Å²) >= 11 is 1.46. The van der Waals surface area contributed by atoms with Gasteiger partial charge in [0.15, 0.2) is 0 Å². The van der Waals surface area contributed by atoms with E-state index in [1.165, 1.54) is 11.3 Å². The third kappa shape index (κ3) is 1.59. The molecule has 2 heterocycles. The molecule has 0 bridgehead atoms. The van der Waals surface area contributed by atoms with Crippen molar-refractivity contribution in [1.82, 2.24) is 4.98 Å². The first-order valence-electron chi connectivity index (χ1n) is 4.29. The van der Waals surface area contributed by atoms with Crippen LogP contribution in [0.25, 0.3) is 0 Å². The summed E-state index contributed by atoms with van der Waals surface area (Å²) in [6, 6.07) is 7.31. The quantitative estimate of drug-likeness (QED) is 0.702. The van der Waals surface area contributed by atoms with Gasteiger partial charge in [0.2, 0.25) is 5.78 Å². The third-order valence-electron chi connectivity index (χ3n) is 2.00. The number of carbonyl (C=O) groups is 1. The lowest BCUT2D eigenvalue weighted by Crippen LogP contribution is -2.02. The number of pyridine rings is 1. The fourth-order valence-electron chi connectivity index (χ4n) is 1.26. The van der Waals surface area contributed by atoms with Crippen molar-refractivity contribution in [3.63, 3.8) is 0 Å². The lowest BCUT2D eigenvalue weighted by molar-refractivity contribution is 0.104. The smallest absolute Gasteiger partial charge is 0.204 e. The van der Waals surface area contributed by atoms with Gasteiger partial charge in [-0.25, -0.2) is 0 Å². The summed E-state index contributed by atoms with van der Waals surface area (Å²) in [7, 11) is 0. The molecule has 0 aliphatic rings. The molecule has 0 saturated heterocycles. The van der Waals surface area contributed by atoms with Crippen LogP contribution in [-0.2, 0) is 0 Å². The number of nitrogens with zero attached hydrogens (tertiary/aromatic N) is 1. The summed E-state index contributed by atoms with van der Waals surface area (Å²) in [4.78, 5) is 16.8. The molecule has 0 spiro atoms. The first-order valence-corrected chi connectivity index (χ1v) is 5.17. The maximum Gasteiger partial charge on any atom is 0.204 e. The molecule has 2 aromatic rings. The highest BCUT2D eigenvalue weighted by molar-refractivity contribution is 7.12. The monoisotopic (exact) mass is 203 g/mol. The second-order valence-electron chi connectivity index (χ2n) is 2.94. The summed E-state index contributed by atoms with van der Waals surface area (Å²) in [5.74, 6) is 0.0607. The van der Waals surface area contributed by atoms with Crippen LogP contribution in [0.4, 0.5) is 0 Å². The number of hydrogen-bond donors (Lipinski definition) is 0. The van der Waals surface area contributed by atoms with Crippen molar-refractivity contribution in [1.29, 1.82) is 0 Å². The summed E-state index contributed by atoms with van der Waals surface area (Å²) in [6.45, 7) is 1.85. The van der Waals surface area contributed by atoms with Crippen LogP contribution in [0.3, 0.4) is 0 Å². The predicted octanol–water partition coefficient (Wildman–Crippen LogP) is 2.68. The largest absolute Gasteiger partial charge is 0.288 e. The number of thiophene rings is 1. The highest BCUT2D eigenvalue weighted by Gasteiger charge is 2.12. The van der Waals surface area contributed by atoms with Crippen LogP contribution in [0, 0.1) is 6.92 Å². The molecule has 0 N–H and O–H groups in total. The average molecular weight is 203 g/mol. The molecule has 70 valence electrons. The molecule has 2 nitrogen and oxygen atoms in total. The van der Waals surface area contributed by atoms with E-state index in [0.717, 1.165) is 10.6 Å². The van der Waals surface area contributed by atoms with Gasteiger partial charge in [0, 0.05) is 17.5 Å². The lowest BCUT2D eigenvalue weighted by Gasteiger charge is -2.00. The van der Waals surface area contributed by atoms with Gasteiger partial charge in [0.1, 0.15) is 0 Å². The van der Waals surface area contributed by atoms with E-state index < -0.39 is 0 Å². The molecule has 14 heavy (non-hydrogen) atoms. The summed E-state index contributed by atoms with van der Waals surface area (Å²) in [5.41, 5.74) is 1.47. The Balaban J connectivity index is 2.42. The Labute approximate surface area is 86.2 Å². The molecule has 3 heteroatoms. The Kier molecular flexibility index (Phi) is 2.41. The van der Waals surface area contributed by atoms with Crippen LogP contribution in [-0.4, -0.2) is 10.8 Å². The number of ketones is 1. The Morgan fingerprint density at radius 1 is 1.36 bits per heavy atom.